The molecule has 0 spiro atoms. The number of nitrogens with zero attached hydrogens (tertiary/aromatic N) is 4. The lowest BCUT2D eigenvalue weighted by Gasteiger charge is -2.06. The van der Waals surface area contributed by atoms with Gasteiger partial charge in [-0.2, -0.15) is 10.2 Å². The fourth-order valence-corrected chi connectivity index (χ4v) is 4.10. The number of rotatable bonds is 7. The normalized spacial score (nSPS) is 10.9. The zero-order valence-corrected chi connectivity index (χ0v) is 17.5. The van der Waals surface area contributed by atoms with E-state index in [0.29, 0.717) is 29.0 Å². The monoisotopic (exact) mass is 424 g/mol. The number of H-pyrrole nitrogens is 1. The second-order valence-corrected chi connectivity index (χ2v) is 7.68. The van der Waals surface area contributed by atoms with E-state index in [1.807, 2.05) is 59.3 Å². The highest BCUT2D eigenvalue weighted by atomic mass is 32.1. The Hall–Kier alpha value is -3.04. The molecule has 3 heterocycles. The van der Waals surface area contributed by atoms with E-state index in [4.69, 9.17) is 12.2 Å². The maximum absolute atomic E-state index is 12.9. The average Bonchev–Trinajstić information content (AvgIpc) is 3.48. The number of para-hydroxylation sites is 1. The molecular formula is C20H20N6OS2. The van der Waals surface area contributed by atoms with Crippen LogP contribution >= 0.6 is 23.6 Å². The summed E-state index contributed by atoms with van der Waals surface area (Å²) in [6, 6.07) is 13.7. The van der Waals surface area contributed by atoms with Gasteiger partial charge in [0.1, 0.15) is 11.5 Å². The number of carbonyl (C=O) groups excluding carboxylic acids is 1. The van der Waals surface area contributed by atoms with Crippen molar-refractivity contribution in [3.05, 3.63) is 70.2 Å². The first-order valence-electron chi connectivity index (χ1n) is 9.28. The van der Waals surface area contributed by atoms with Gasteiger partial charge in [-0.25, -0.2) is 4.68 Å². The van der Waals surface area contributed by atoms with Gasteiger partial charge in [-0.15, -0.1) is 11.3 Å². The summed E-state index contributed by atoms with van der Waals surface area (Å²) in [7, 11) is 0. The number of thiophene rings is 1. The van der Waals surface area contributed by atoms with E-state index < -0.39 is 0 Å². The number of benzene rings is 1. The first kappa shape index (κ1) is 19.3. The third kappa shape index (κ3) is 4.06. The summed E-state index contributed by atoms with van der Waals surface area (Å²) >= 11 is 6.77. The quantitative estimate of drug-likeness (QED) is 0.442. The van der Waals surface area contributed by atoms with Crippen LogP contribution in [0.1, 0.15) is 23.1 Å². The van der Waals surface area contributed by atoms with E-state index in [1.165, 1.54) is 0 Å². The summed E-state index contributed by atoms with van der Waals surface area (Å²) in [5.74, 6) is 0.670. The highest BCUT2D eigenvalue weighted by Gasteiger charge is 2.19. The summed E-state index contributed by atoms with van der Waals surface area (Å²) < 4.78 is 4.26. The smallest absolute Gasteiger partial charge is 0.255 e. The Morgan fingerprint density at radius 1 is 1.24 bits per heavy atom. The summed E-state index contributed by atoms with van der Waals surface area (Å²) in [5.41, 5.74) is 2.13. The lowest BCUT2D eigenvalue weighted by atomic mass is 10.2. The molecule has 0 atom stereocenters. The Morgan fingerprint density at radius 3 is 2.79 bits per heavy atom. The molecule has 1 amide bonds. The highest BCUT2D eigenvalue weighted by Crippen LogP contribution is 2.27. The first-order chi connectivity index (χ1) is 14.2. The molecule has 0 bridgehead atoms. The predicted molar refractivity (Wildman–Crippen MR) is 116 cm³/mol. The van der Waals surface area contributed by atoms with E-state index in [9.17, 15) is 4.79 Å². The van der Waals surface area contributed by atoms with Crippen LogP contribution in [-0.2, 0) is 13.0 Å². The van der Waals surface area contributed by atoms with Crippen LogP contribution in [0.5, 0.6) is 0 Å². The van der Waals surface area contributed by atoms with Crippen LogP contribution in [0.2, 0.25) is 0 Å². The van der Waals surface area contributed by atoms with Gasteiger partial charge in [0.25, 0.3) is 5.91 Å². The van der Waals surface area contributed by atoms with Gasteiger partial charge in [0.05, 0.1) is 16.1 Å². The molecule has 7 nitrogen and oxygen atoms in total. The Kier molecular flexibility index (Phi) is 5.68. The summed E-state index contributed by atoms with van der Waals surface area (Å²) in [4.78, 5) is 13.9. The Balaban J connectivity index is 1.55. The number of aromatic amines is 1. The zero-order chi connectivity index (χ0) is 20.2. The van der Waals surface area contributed by atoms with Gasteiger partial charge >= 0.3 is 0 Å². The summed E-state index contributed by atoms with van der Waals surface area (Å²) in [5, 5.41) is 16.7. The maximum atomic E-state index is 12.9. The van der Waals surface area contributed by atoms with Gasteiger partial charge in [0.2, 0.25) is 0 Å². The molecule has 0 radical (unpaired) electrons. The molecule has 1 aromatic carbocycles. The molecule has 4 aromatic rings. The maximum Gasteiger partial charge on any atom is 0.255 e. The lowest BCUT2D eigenvalue weighted by Crippen LogP contribution is -2.26. The van der Waals surface area contributed by atoms with Gasteiger partial charge in [-0.05, 0) is 42.7 Å². The molecule has 4 rings (SSSR count). The van der Waals surface area contributed by atoms with Crippen molar-refractivity contribution in [3.63, 3.8) is 0 Å². The molecule has 9 heteroatoms. The average molecular weight is 425 g/mol. The fraction of sp³-hybridized carbons (Fsp3) is 0.200. The van der Waals surface area contributed by atoms with E-state index in [2.05, 4.69) is 20.6 Å². The largest absolute Gasteiger partial charge is 0.351 e. The minimum atomic E-state index is -0.159. The number of hydrogen-bond acceptors (Lipinski definition) is 5. The van der Waals surface area contributed by atoms with E-state index in [1.54, 1.807) is 22.2 Å². The van der Waals surface area contributed by atoms with Gasteiger partial charge in [-0.1, -0.05) is 24.3 Å². The molecule has 0 aliphatic heterocycles. The van der Waals surface area contributed by atoms with Crippen LogP contribution in [0.4, 0.5) is 0 Å². The molecule has 0 aliphatic carbocycles. The molecule has 0 saturated heterocycles. The van der Waals surface area contributed by atoms with Crippen molar-refractivity contribution in [2.24, 2.45) is 0 Å². The van der Waals surface area contributed by atoms with E-state index in [-0.39, 0.29) is 5.91 Å². The van der Waals surface area contributed by atoms with Crippen molar-refractivity contribution in [3.8, 4) is 16.3 Å². The second kappa shape index (κ2) is 8.54. The molecule has 0 saturated carbocycles. The Bertz CT molecular complexity index is 1160. The Labute approximate surface area is 177 Å². The Morgan fingerprint density at radius 2 is 2.07 bits per heavy atom. The number of carbonyl (C=O) groups is 1. The van der Waals surface area contributed by atoms with Crippen molar-refractivity contribution < 1.29 is 4.79 Å². The molecule has 0 aliphatic rings. The van der Waals surface area contributed by atoms with Crippen LogP contribution in [0.25, 0.3) is 16.3 Å². The molecular weight excluding hydrogens is 404 g/mol. The van der Waals surface area contributed by atoms with Crippen molar-refractivity contribution in [2.75, 3.05) is 6.54 Å². The number of hydrogen-bond donors (Lipinski definition) is 2. The zero-order valence-electron chi connectivity index (χ0n) is 15.8. The second-order valence-electron chi connectivity index (χ2n) is 6.34. The van der Waals surface area contributed by atoms with Gasteiger partial charge in [-0.3, -0.25) is 9.89 Å². The molecule has 0 fully saturated rings. The predicted octanol–water partition coefficient (Wildman–Crippen LogP) is 3.85. The SMILES string of the molecule is CCn1c(CCNC(=O)c2cn(-c3ccccc3)nc2-c2cccs2)n[nH]c1=S. The molecule has 2 N–H and O–H groups in total. The fourth-order valence-electron chi connectivity index (χ4n) is 3.10. The molecule has 29 heavy (non-hydrogen) atoms. The number of aromatic nitrogens is 5. The van der Waals surface area contributed by atoms with E-state index in [0.717, 1.165) is 22.9 Å². The van der Waals surface area contributed by atoms with Crippen molar-refractivity contribution >= 4 is 29.5 Å². The third-order valence-electron chi connectivity index (χ3n) is 4.52. The minimum absolute atomic E-state index is 0.159. The van der Waals surface area contributed by atoms with Crippen molar-refractivity contribution in [1.82, 2.24) is 29.9 Å². The standard InChI is InChI=1S/C20H20N6OS2/c1-2-25-17(22-23-20(25)28)10-11-21-19(27)15-13-26(14-7-4-3-5-8-14)24-18(15)16-9-6-12-29-16/h3-9,12-13H,2,10-11H2,1H3,(H,21,27)(H,23,28). The molecule has 148 valence electrons. The van der Waals surface area contributed by atoms with Crippen molar-refractivity contribution in [2.45, 2.75) is 19.9 Å². The van der Waals surface area contributed by atoms with Gasteiger partial charge in [0, 0.05) is 25.7 Å². The van der Waals surface area contributed by atoms with Crippen LogP contribution in [0, 0.1) is 4.77 Å². The minimum Gasteiger partial charge on any atom is -0.351 e. The molecule has 3 aromatic heterocycles. The number of nitrogens with one attached hydrogen (secondary N) is 2. The highest BCUT2D eigenvalue weighted by molar-refractivity contribution is 7.71. The summed E-state index contributed by atoms with van der Waals surface area (Å²) in [6.45, 7) is 3.21. The lowest BCUT2D eigenvalue weighted by molar-refractivity contribution is 0.0954. The summed E-state index contributed by atoms with van der Waals surface area (Å²) in [6.07, 6.45) is 2.37. The molecule has 0 unspecified atom stereocenters. The topological polar surface area (TPSA) is 80.5 Å². The van der Waals surface area contributed by atoms with Crippen LogP contribution < -0.4 is 5.32 Å². The first-order valence-corrected chi connectivity index (χ1v) is 10.6. The number of amides is 1. The third-order valence-corrected chi connectivity index (χ3v) is 5.71. The van der Waals surface area contributed by atoms with Crippen LogP contribution in [-0.4, -0.2) is 37.0 Å². The van der Waals surface area contributed by atoms with Gasteiger partial charge < -0.3 is 9.88 Å². The van der Waals surface area contributed by atoms with E-state index >= 15 is 0 Å². The van der Waals surface area contributed by atoms with Crippen LogP contribution in [0.15, 0.2) is 54.0 Å². The van der Waals surface area contributed by atoms with Gasteiger partial charge in [0.15, 0.2) is 4.77 Å². The van der Waals surface area contributed by atoms with Crippen LogP contribution in [0.3, 0.4) is 0 Å². The van der Waals surface area contributed by atoms with Crippen molar-refractivity contribution in [1.29, 1.82) is 0 Å².